The lowest BCUT2D eigenvalue weighted by Crippen LogP contribution is -2.05. The van der Waals surface area contributed by atoms with Gasteiger partial charge in [0.25, 0.3) is 0 Å². The molecule has 6 heteroatoms. The highest BCUT2D eigenvalue weighted by Crippen LogP contribution is 2.19. The fourth-order valence-corrected chi connectivity index (χ4v) is 2.27. The van der Waals surface area contributed by atoms with Crippen LogP contribution in [0.5, 0.6) is 0 Å². The van der Waals surface area contributed by atoms with Crippen LogP contribution in [0.3, 0.4) is 0 Å². The van der Waals surface area contributed by atoms with Crippen molar-refractivity contribution in [2.75, 3.05) is 0 Å². The number of ether oxygens (including phenoxy) is 1. The van der Waals surface area contributed by atoms with Crippen molar-refractivity contribution in [1.82, 2.24) is 4.98 Å². The number of nitrogens with zero attached hydrogens (tertiary/aromatic N) is 1. The third-order valence-electron chi connectivity index (χ3n) is 3.07. The first-order chi connectivity index (χ1) is 11.1. The summed E-state index contributed by atoms with van der Waals surface area (Å²) in [6.45, 7) is 0.00944. The molecule has 0 aliphatic heterocycles. The fourth-order valence-electron chi connectivity index (χ4n) is 1.91. The summed E-state index contributed by atoms with van der Waals surface area (Å²) in [5, 5.41) is 0. The van der Waals surface area contributed by atoms with E-state index in [1.807, 2.05) is 12.1 Å². The van der Waals surface area contributed by atoms with Crippen molar-refractivity contribution in [2.45, 2.75) is 6.61 Å². The van der Waals surface area contributed by atoms with Crippen molar-refractivity contribution in [3.63, 3.8) is 0 Å². The van der Waals surface area contributed by atoms with E-state index < -0.39 is 5.97 Å². The molecular formula is C17H11FINO3. The third-order valence-corrected chi connectivity index (χ3v) is 3.79. The fraction of sp³-hybridized carbons (Fsp3) is 0.0588. The number of rotatable bonds is 4. The molecule has 0 fully saturated rings. The Bertz CT molecular complexity index is 813. The van der Waals surface area contributed by atoms with Crippen molar-refractivity contribution in [3.8, 4) is 11.5 Å². The number of carbonyl (C=O) groups is 1. The number of hydrogen-bond acceptors (Lipinski definition) is 4. The summed E-state index contributed by atoms with van der Waals surface area (Å²) in [4.78, 5) is 16.1. The highest BCUT2D eigenvalue weighted by Gasteiger charge is 2.11. The molecule has 0 spiro atoms. The van der Waals surface area contributed by atoms with E-state index in [4.69, 9.17) is 9.15 Å². The number of hydrogen-bond donors (Lipinski definition) is 0. The molecule has 116 valence electrons. The number of carbonyl (C=O) groups excluding carboxylic acids is 1. The Morgan fingerprint density at radius 1 is 1.13 bits per heavy atom. The summed E-state index contributed by atoms with van der Waals surface area (Å²) in [5.41, 5.74) is 1.62. The van der Waals surface area contributed by atoms with Gasteiger partial charge in [0.1, 0.15) is 24.4 Å². The van der Waals surface area contributed by atoms with E-state index >= 15 is 0 Å². The van der Waals surface area contributed by atoms with Gasteiger partial charge in [-0.2, -0.15) is 0 Å². The SMILES string of the molecule is O=C(OCc1coc(-c2ccc(F)cc2)n1)c1ccc(I)cc1. The van der Waals surface area contributed by atoms with Crippen molar-refractivity contribution in [1.29, 1.82) is 0 Å². The van der Waals surface area contributed by atoms with Crippen LogP contribution < -0.4 is 0 Å². The van der Waals surface area contributed by atoms with Crippen molar-refractivity contribution in [3.05, 3.63) is 75.4 Å². The van der Waals surface area contributed by atoms with Gasteiger partial charge in [0.15, 0.2) is 0 Å². The van der Waals surface area contributed by atoms with E-state index in [2.05, 4.69) is 27.6 Å². The molecule has 0 bridgehead atoms. The summed E-state index contributed by atoms with van der Waals surface area (Å²) >= 11 is 2.16. The first-order valence-corrected chi connectivity index (χ1v) is 7.83. The monoisotopic (exact) mass is 423 g/mol. The van der Waals surface area contributed by atoms with Crippen LogP contribution in [0.4, 0.5) is 4.39 Å². The summed E-state index contributed by atoms with van der Waals surface area (Å²) < 4.78 is 24.5. The number of aromatic nitrogens is 1. The van der Waals surface area contributed by atoms with E-state index in [1.54, 1.807) is 24.3 Å². The first-order valence-electron chi connectivity index (χ1n) is 6.75. The Kier molecular flexibility index (Phi) is 4.71. The highest BCUT2D eigenvalue weighted by molar-refractivity contribution is 14.1. The molecule has 0 saturated heterocycles. The van der Waals surface area contributed by atoms with Crippen LogP contribution in [-0.2, 0) is 11.3 Å². The molecule has 1 aromatic heterocycles. The maximum absolute atomic E-state index is 12.9. The van der Waals surface area contributed by atoms with Crippen LogP contribution in [0.15, 0.2) is 59.2 Å². The van der Waals surface area contributed by atoms with Crippen LogP contribution >= 0.6 is 22.6 Å². The Hall–Kier alpha value is -2.22. The van der Waals surface area contributed by atoms with Gasteiger partial charge in [-0.3, -0.25) is 0 Å². The summed E-state index contributed by atoms with van der Waals surface area (Å²) in [6, 6.07) is 12.9. The van der Waals surface area contributed by atoms with E-state index in [1.165, 1.54) is 18.4 Å². The molecule has 0 amide bonds. The average molecular weight is 423 g/mol. The third kappa shape index (κ3) is 3.95. The van der Waals surface area contributed by atoms with Gasteiger partial charge in [0, 0.05) is 9.13 Å². The minimum atomic E-state index is -0.423. The lowest BCUT2D eigenvalue weighted by Gasteiger charge is -2.02. The Labute approximate surface area is 145 Å². The molecule has 1 heterocycles. The van der Waals surface area contributed by atoms with Crippen LogP contribution in [0.2, 0.25) is 0 Å². The predicted octanol–water partition coefficient (Wildman–Crippen LogP) is 4.44. The van der Waals surface area contributed by atoms with Crippen molar-refractivity contribution >= 4 is 28.6 Å². The van der Waals surface area contributed by atoms with Crippen molar-refractivity contribution < 1.29 is 18.3 Å². The Balaban J connectivity index is 1.64. The van der Waals surface area contributed by atoms with Gasteiger partial charge < -0.3 is 9.15 Å². The number of esters is 1. The second-order valence-corrected chi connectivity index (χ2v) is 5.98. The molecule has 0 unspecified atom stereocenters. The molecule has 0 radical (unpaired) electrons. The Morgan fingerprint density at radius 2 is 1.83 bits per heavy atom. The number of oxazole rings is 1. The zero-order valence-electron chi connectivity index (χ0n) is 11.8. The number of benzene rings is 2. The molecule has 0 aliphatic carbocycles. The molecule has 0 atom stereocenters. The molecule has 3 rings (SSSR count). The van der Waals surface area contributed by atoms with E-state index in [0.717, 1.165) is 3.57 Å². The van der Waals surface area contributed by atoms with Gasteiger partial charge in [0.2, 0.25) is 5.89 Å². The molecule has 0 aliphatic rings. The molecule has 23 heavy (non-hydrogen) atoms. The van der Waals surface area contributed by atoms with Gasteiger partial charge in [-0.25, -0.2) is 14.2 Å². The number of halogens is 2. The molecular weight excluding hydrogens is 412 g/mol. The van der Waals surface area contributed by atoms with Crippen LogP contribution in [-0.4, -0.2) is 11.0 Å². The zero-order chi connectivity index (χ0) is 16.2. The standard InChI is InChI=1S/C17H11FINO3/c18-13-5-1-11(2-6-13)16-20-15(9-22-16)10-23-17(21)12-3-7-14(19)8-4-12/h1-9H,10H2. The minimum absolute atomic E-state index is 0.00944. The van der Waals surface area contributed by atoms with Crippen LogP contribution in [0, 0.1) is 9.39 Å². The second-order valence-electron chi connectivity index (χ2n) is 4.73. The van der Waals surface area contributed by atoms with E-state index in [0.29, 0.717) is 22.7 Å². The van der Waals surface area contributed by atoms with E-state index in [-0.39, 0.29) is 12.4 Å². The van der Waals surface area contributed by atoms with Gasteiger partial charge in [-0.1, -0.05) is 0 Å². The highest BCUT2D eigenvalue weighted by atomic mass is 127. The summed E-state index contributed by atoms with van der Waals surface area (Å²) in [6.07, 6.45) is 1.42. The topological polar surface area (TPSA) is 52.3 Å². The Morgan fingerprint density at radius 3 is 2.52 bits per heavy atom. The average Bonchev–Trinajstić information content (AvgIpc) is 3.03. The van der Waals surface area contributed by atoms with Crippen molar-refractivity contribution in [2.24, 2.45) is 0 Å². The molecule has 3 aromatic rings. The molecule has 4 nitrogen and oxygen atoms in total. The second kappa shape index (κ2) is 6.91. The lowest BCUT2D eigenvalue weighted by atomic mass is 10.2. The van der Waals surface area contributed by atoms with Crippen LogP contribution in [0.25, 0.3) is 11.5 Å². The van der Waals surface area contributed by atoms with Gasteiger partial charge in [-0.05, 0) is 71.1 Å². The molecule has 2 aromatic carbocycles. The van der Waals surface area contributed by atoms with Gasteiger partial charge in [-0.15, -0.1) is 0 Å². The maximum atomic E-state index is 12.9. The van der Waals surface area contributed by atoms with Gasteiger partial charge >= 0.3 is 5.97 Å². The largest absolute Gasteiger partial charge is 0.455 e. The van der Waals surface area contributed by atoms with E-state index in [9.17, 15) is 9.18 Å². The van der Waals surface area contributed by atoms with Crippen LogP contribution in [0.1, 0.15) is 16.1 Å². The summed E-state index contributed by atoms with van der Waals surface area (Å²) in [7, 11) is 0. The zero-order valence-corrected chi connectivity index (χ0v) is 14.0. The summed E-state index contributed by atoms with van der Waals surface area (Å²) in [5.74, 6) is -0.398. The first kappa shape index (κ1) is 15.7. The molecule has 0 N–H and O–H groups in total. The smallest absolute Gasteiger partial charge is 0.338 e. The van der Waals surface area contributed by atoms with Gasteiger partial charge in [0.05, 0.1) is 5.56 Å². The maximum Gasteiger partial charge on any atom is 0.338 e. The minimum Gasteiger partial charge on any atom is -0.455 e. The molecule has 0 saturated carbocycles. The predicted molar refractivity (Wildman–Crippen MR) is 90.2 cm³/mol. The lowest BCUT2D eigenvalue weighted by molar-refractivity contribution is 0.0467. The normalized spacial score (nSPS) is 10.5. The quantitative estimate of drug-likeness (QED) is 0.460.